The van der Waals surface area contributed by atoms with Crippen LogP contribution in [0.5, 0.6) is 0 Å². The monoisotopic (exact) mass is 393 g/mol. The zero-order valence-electron chi connectivity index (χ0n) is 13.9. The summed E-state index contributed by atoms with van der Waals surface area (Å²) in [5.41, 5.74) is 2.00. The standard InChI is InChI=1S/C18H20BrNO4/c1-11(2)20(9-13-4-6-14(19)7-5-13)18(23)17-12(3)10-24-15(17)8-16(21)22/h4-7,10-11H,8-9H2,1-3H3,(H,21,22). The van der Waals surface area contributed by atoms with E-state index in [9.17, 15) is 9.59 Å². The molecule has 24 heavy (non-hydrogen) atoms. The number of rotatable bonds is 6. The van der Waals surface area contributed by atoms with Gasteiger partial charge in [-0.1, -0.05) is 28.1 Å². The highest BCUT2D eigenvalue weighted by Crippen LogP contribution is 2.22. The number of hydrogen-bond donors (Lipinski definition) is 1. The Labute approximate surface area is 149 Å². The first kappa shape index (κ1) is 18.3. The van der Waals surface area contributed by atoms with Crippen molar-refractivity contribution in [3.8, 4) is 0 Å². The summed E-state index contributed by atoms with van der Waals surface area (Å²) >= 11 is 3.39. The van der Waals surface area contributed by atoms with Crippen molar-refractivity contribution in [3.05, 3.63) is 57.5 Å². The van der Waals surface area contributed by atoms with E-state index in [2.05, 4.69) is 15.9 Å². The van der Waals surface area contributed by atoms with E-state index >= 15 is 0 Å². The van der Waals surface area contributed by atoms with Crippen molar-refractivity contribution in [2.45, 2.75) is 39.8 Å². The second-order valence-electron chi connectivity index (χ2n) is 5.94. The average molecular weight is 394 g/mol. The Kier molecular flexibility index (Phi) is 5.83. The highest BCUT2D eigenvalue weighted by atomic mass is 79.9. The molecule has 1 aromatic carbocycles. The Morgan fingerprint density at radius 1 is 1.25 bits per heavy atom. The fourth-order valence-corrected chi connectivity index (χ4v) is 2.74. The lowest BCUT2D eigenvalue weighted by Crippen LogP contribution is -2.37. The molecule has 0 aliphatic rings. The molecule has 6 heteroatoms. The van der Waals surface area contributed by atoms with Gasteiger partial charge in [-0.25, -0.2) is 0 Å². The number of nitrogens with zero attached hydrogens (tertiary/aromatic N) is 1. The molecule has 0 spiro atoms. The minimum atomic E-state index is -1.03. The number of benzene rings is 1. The van der Waals surface area contributed by atoms with E-state index < -0.39 is 5.97 Å². The fourth-order valence-electron chi connectivity index (χ4n) is 2.47. The highest BCUT2D eigenvalue weighted by Gasteiger charge is 2.26. The lowest BCUT2D eigenvalue weighted by molar-refractivity contribution is -0.136. The van der Waals surface area contributed by atoms with Gasteiger partial charge in [0.1, 0.15) is 12.2 Å². The van der Waals surface area contributed by atoms with Crippen molar-refractivity contribution < 1.29 is 19.1 Å². The number of amides is 1. The average Bonchev–Trinajstić information content (AvgIpc) is 2.85. The lowest BCUT2D eigenvalue weighted by Gasteiger charge is -2.27. The predicted octanol–water partition coefficient (Wildman–Crippen LogP) is 4.03. The second kappa shape index (κ2) is 7.66. The van der Waals surface area contributed by atoms with E-state index in [1.165, 1.54) is 6.26 Å². The number of carboxylic acids is 1. The Morgan fingerprint density at radius 2 is 1.88 bits per heavy atom. The summed E-state index contributed by atoms with van der Waals surface area (Å²) in [6, 6.07) is 7.72. The number of hydrogen-bond acceptors (Lipinski definition) is 3. The summed E-state index contributed by atoms with van der Waals surface area (Å²) in [6.45, 7) is 6.06. The minimum Gasteiger partial charge on any atom is -0.481 e. The van der Waals surface area contributed by atoms with Gasteiger partial charge in [0.25, 0.3) is 5.91 Å². The van der Waals surface area contributed by atoms with Crippen LogP contribution in [0.4, 0.5) is 0 Å². The zero-order valence-corrected chi connectivity index (χ0v) is 15.5. The zero-order chi connectivity index (χ0) is 17.9. The Balaban J connectivity index is 2.31. The fraction of sp³-hybridized carbons (Fsp3) is 0.333. The molecule has 2 rings (SSSR count). The van der Waals surface area contributed by atoms with Crippen molar-refractivity contribution in [2.75, 3.05) is 0 Å². The SMILES string of the molecule is Cc1coc(CC(=O)O)c1C(=O)N(Cc1ccc(Br)cc1)C(C)C. The van der Waals surface area contributed by atoms with E-state index in [1.807, 2.05) is 38.1 Å². The summed E-state index contributed by atoms with van der Waals surface area (Å²) in [7, 11) is 0. The third-order valence-electron chi connectivity index (χ3n) is 3.73. The van der Waals surface area contributed by atoms with E-state index in [0.717, 1.165) is 10.0 Å². The molecule has 0 aliphatic heterocycles. The van der Waals surface area contributed by atoms with Crippen LogP contribution in [0.15, 0.2) is 39.4 Å². The Morgan fingerprint density at radius 3 is 2.42 bits per heavy atom. The third-order valence-corrected chi connectivity index (χ3v) is 4.26. The van der Waals surface area contributed by atoms with Crippen LogP contribution in [-0.4, -0.2) is 27.9 Å². The van der Waals surface area contributed by atoms with E-state index in [4.69, 9.17) is 9.52 Å². The van der Waals surface area contributed by atoms with Crippen LogP contribution in [0.2, 0.25) is 0 Å². The summed E-state index contributed by atoms with van der Waals surface area (Å²) < 4.78 is 6.26. The number of carbonyl (C=O) groups excluding carboxylic acids is 1. The molecular weight excluding hydrogens is 374 g/mol. The maximum absolute atomic E-state index is 13.0. The molecule has 1 amide bonds. The van der Waals surface area contributed by atoms with Crippen LogP contribution >= 0.6 is 15.9 Å². The molecule has 1 aromatic heterocycles. The lowest BCUT2D eigenvalue weighted by atomic mass is 10.1. The third kappa shape index (κ3) is 4.26. The Hall–Kier alpha value is -2.08. The second-order valence-corrected chi connectivity index (χ2v) is 6.86. The van der Waals surface area contributed by atoms with Crippen LogP contribution in [0, 0.1) is 6.92 Å². The minimum absolute atomic E-state index is 0.0341. The molecule has 0 bridgehead atoms. The number of aliphatic carboxylic acids is 1. The van der Waals surface area contributed by atoms with Gasteiger partial charge >= 0.3 is 5.97 Å². The van der Waals surface area contributed by atoms with Crippen molar-refractivity contribution >= 4 is 27.8 Å². The van der Waals surface area contributed by atoms with Gasteiger partial charge in [0, 0.05) is 22.6 Å². The molecule has 0 saturated heterocycles. The van der Waals surface area contributed by atoms with E-state index in [-0.39, 0.29) is 24.1 Å². The first-order chi connectivity index (χ1) is 11.3. The van der Waals surface area contributed by atoms with Crippen molar-refractivity contribution in [3.63, 3.8) is 0 Å². The normalized spacial score (nSPS) is 10.9. The van der Waals surface area contributed by atoms with Gasteiger partial charge in [0.2, 0.25) is 0 Å². The van der Waals surface area contributed by atoms with Gasteiger partial charge in [-0.15, -0.1) is 0 Å². The van der Waals surface area contributed by atoms with Crippen molar-refractivity contribution in [2.24, 2.45) is 0 Å². The maximum Gasteiger partial charge on any atom is 0.311 e. The molecule has 1 N–H and O–H groups in total. The largest absolute Gasteiger partial charge is 0.481 e. The summed E-state index contributed by atoms with van der Waals surface area (Å²) in [5.74, 6) is -1.04. The van der Waals surface area contributed by atoms with Gasteiger partial charge in [-0.2, -0.15) is 0 Å². The molecular formula is C18H20BrNO4. The van der Waals surface area contributed by atoms with Gasteiger partial charge in [-0.05, 0) is 38.5 Å². The predicted molar refractivity (Wildman–Crippen MR) is 93.9 cm³/mol. The molecule has 0 atom stereocenters. The number of halogens is 1. The van der Waals surface area contributed by atoms with Crippen LogP contribution in [0.3, 0.4) is 0 Å². The smallest absolute Gasteiger partial charge is 0.311 e. The molecule has 1 heterocycles. The molecule has 0 aliphatic carbocycles. The molecule has 128 valence electrons. The summed E-state index contributed by atoms with van der Waals surface area (Å²) in [5, 5.41) is 9.00. The van der Waals surface area contributed by atoms with Gasteiger partial charge < -0.3 is 14.4 Å². The van der Waals surface area contributed by atoms with Crippen LogP contribution in [0.1, 0.15) is 41.1 Å². The van der Waals surface area contributed by atoms with Gasteiger partial charge in [0.05, 0.1) is 11.8 Å². The number of carboxylic acid groups (broad SMARTS) is 1. The van der Waals surface area contributed by atoms with Crippen LogP contribution in [-0.2, 0) is 17.8 Å². The molecule has 0 fully saturated rings. The first-order valence-electron chi connectivity index (χ1n) is 7.63. The van der Waals surface area contributed by atoms with Crippen molar-refractivity contribution in [1.29, 1.82) is 0 Å². The highest BCUT2D eigenvalue weighted by molar-refractivity contribution is 9.10. The first-order valence-corrected chi connectivity index (χ1v) is 8.43. The summed E-state index contributed by atoms with van der Waals surface area (Å²) in [4.78, 5) is 25.7. The van der Waals surface area contributed by atoms with Gasteiger partial charge in [0.15, 0.2) is 0 Å². The molecule has 0 radical (unpaired) electrons. The summed E-state index contributed by atoms with van der Waals surface area (Å²) in [6.07, 6.45) is 1.13. The number of furan rings is 1. The van der Waals surface area contributed by atoms with Crippen molar-refractivity contribution in [1.82, 2.24) is 4.90 Å². The van der Waals surface area contributed by atoms with E-state index in [0.29, 0.717) is 17.7 Å². The molecule has 0 saturated carbocycles. The Bertz CT molecular complexity index is 734. The quantitative estimate of drug-likeness (QED) is 0.803. The molecule has 0 unspecified atom stereocenters. The van der Waals surface area contributed by atoms with Crippen LogP contribution in [0.25, 0.3) is 0 Å². The maximum atomic E-state index is 13.0. The number of aryl methyl sites for hydroxylation is 1. The van der Waals surface area contributed by atoms with E-state index in [1.54, 1.807) is 11.8 Å². The molecule has 5 nitrogen and oxygen atoms in total. The number of carbonyl (C=O) groups is 2. The molecule has 2 aromatic rings. The van der Waals surface area contributed by atoms with Gasteiger partial charge in [-0.3, -0.25) is 9.59 Å². The van der Waals surface area contributed by atoms with Crippen LogP contribution < -0.4 is 0 Å². The topological polar surface area (TPSA) is 70.7 Å².